The molecule has 8 heteroatoms. The third kappa shape index (κ3) is 2.98. The Kier molecular flexibility index (Phi) is 4.70. The molecule has 4 rings (SSSR count). The minimum Gasteiger partial charge on any atom is -0.371 e. The van der Waals surface area contributed by atoms with Crippen molar-refractivity contribution in [2.24, 2.45) is 5.92 Å². The van der Waals surface area contributed by atoms with Gasteiger partial charge >= 0.3 is 0 Å². The molecule has 2 unspecified atom stereocenters. The standard InChI is InChI=1S/C20H21N3O5/c24-10-8-12-3-2-9-22(11-12)14-5-1-4-13-17(14)20(28)23(19(13)27)15-6-7-16(25)21-18(15)26/h1,4-5,10,12,15H,2-3,6-9,11H2,(H,21,25,26). The summed E-state index contributed by atoms with van der Waals surface area (Å²) in [7, 11) is 0. The summed E-state index contributed by atoms with van der Waals surface area (Å²) in [6.45, 7) is 1.39. The van der Waals surface area contributed by atoms with E-state index in [-0.39, 0.29) is 24.3 Å². The van der Waals surface area contributed by atoms with Crippen LogP contribution in [0.25, 0.3) is 0 Å². The van der Waals surface area contributed by atoms with Crippen molar-refractivity contribution in [3.05, 3.63) is 29.3 Å². The first-order valence-electron chi connectivity index (χ1n) is 9.54. The number of amides is 4. The maximum Gasteiger partial charge on any atom is 0.264 e. The number of imide groups is 2. The molecule has 28 heavy (non-hydrogen) atoms. The third-order valence-corrected chi connectivity index (χ3v) is 5.74. The summed E-state index contributed by atoms with van der Waals surface area (Å²) in [5.74, 6) is -1.79. The van der Waals surface area contributed by atoms with Gasteiger partial charge in [0.1, 0.15) is 12.3 Å². The summed E-state index contributed by atoms with van der Waals surface area (Å²) in [6, 6.07) is 4.16. The molecule has 0 aliphatic carbocycles. The predicted molar refractivity (Wildman–Crippen MR) is 98.7 cm³/mol. The molecule has 8 nitrogen and oxygen atoms in total. The first-order chi connectivity index (χ1) is 13.5. The van der Waals surface area contributed by atoms with Crippen molar-refractivity contribution >= 4 is 35.6 Å². The van der Waals surface area contributed by atoms with Crippen molar-refractivity contribution in [2.45, 2.75) is 38.1 Å². The molecule has 3 aliphatic rings. The largest absolute Gasteiger partial charge is 0.371 e. The topological polar surface area (TPSA) is 104 Å². The summed E-state index contributed by atoms with van der Waals surface area (Å²) >= 11 is 0. The maximum absolute atomic E-state index is 13.2. The lowest BCUT2D eigenvalue weighted by Gasteiger charge is -2.34. The lowest BCUT2D eigenvalue weighted by atomic mass is 9.94. The van der Waals surface area contributed by atoms with E-state index in [0.717, 1.165) is 30.6 Å². The number of nitrogens with one attached hydrogen (secondary N) is 1. The second-order valence-electron chi connectivity index (χ2n) is 7.50. The van der Waals surface area contributed by atoms with E-state index in [1.54, 1.807) is 18.2 Å². The van der Waals surface area contributed by atoms with Gasteiger partial charge in [-0.25, -0.2) is 0 Å². The fourth-order valence-electron chi connectivity index (χ4n) is 4.37. The average molecular weight is 383 g/mol. The van der Waals surface area contributed by atoms with Crippen LogP contribution in [0.1, 0.15) is 52.8 Å². The van der Waals surface area contributed by atoms with E-state index >= 15 is 0 Å². The monoisotopic (exact) mass is 383 g/mol. The first-order valence-corrected chi connectivity index (χ1v) is 9.54. The van der Waals surface area contributed by atoms with E-state index in [1.165, 1.54) is 0 Å². The zero-order valence-corrected chi connectivity index (χ0v) is 15.3. The number of carbonyl (C=O) groups excluding carboxylic acids is 5. The van der Waals surface area contributed by atoms with Crippen LogP contribution in [0, 0.1) is 5.92 Å². The number of nitrogens with zero attached hydrogens (tertiary/aromatic N) is 2. The molecule has 2 atom stereocenters. The van der Waals surface area contributed by atoms with Gasteiger partial charge in [0.15, 0.2) is 0 Å². The Balaban J connectivity index is 1.65. The number of fused-ring (bicyclic) bond motifs is 1. The van der Waals surface area contributed by atoms with Gasteiger partial charge in [-0.05, 0) is 37.3 Å². The Morgan fingerprint density at radius 3 is 2.68 bits per heavy atom. The molecular weight excluding hydrogens is 362 g/mol. The molecule has 0 aromatic heterocycles. The summed E-state index contributed by atoms with van der Waals surface area (Å²) in [4.78, 5) is 63.6. The van der Waals surface area contributed by atoms with E-state index in [4.69, 9.17) is 0 Å². The van der Waals surface area contributed by atoms with Crippen LogP contribution in [0.2, 0.25) is 0 Å². The van der Waals surface area contributed by atoms with Gasteiger partial charge in [0.2, 0.25) is 11.8 Å². The van der Waals surface area contributed by atoms with Crippen molar-refractivity contribution in [3.8, 4) is 0 Å². The fraction of sp³-hybridized carbons (Fsp3) is 0.450. The summed E-state index contributed by atoms with van der Waals surface area (Å²) in [5, 5.41) is 2.20. The first kappa shape index (κ1) is 18.3. The van der Waals surface area contributed by atoms with Crippen molar-refractivity contribution < 1.29 is 24.0 Å². The van der Waals surface area contributed by atoms with E-state index in [1.807, 2.05) is 0 Å². The van der Waals surface area contributed by atoms with Gasteiger partial charge in [0.25, 0.3) is 11.8 Å². The van der Waals surface area contributed by atoms with Gasteiger partial charge in [-0.15, -0.1) is 0 Å². The van der Waals surface area contributed by atoms with Crippen LogP contribution in [0.3, 0.4) is 0 Å². The number of rotatable bonds is 4. The molecule has 146 valence electrons. The normalized spacial score (nSPS) is 25.0. The molecule has 0 saturated carbocycles. The van der Waals surface area contributed by atoms with Crippen LogP contribution < -0.4 is 10.2 Å². The molecule has 3 heterocycles. The minimum absolute atomic E-state index is 0.0934. The van der Waals surface area contributed by atoms with Gasteiger partial charge < -0.3 is 9.69 Å². The Labute approximate surface area is 161 Å². The van der Waals surface area contributed by atoms with Crippen LogP contribution in [0.4, 0.5) is 5.69 Å². The number of anilines is 1. The van der Waals surface area contributed by atoms with Crippen molar-refractivity contribution in [2.75, 3.05) is 18.0 Å². The lowest BCUT2D eigenvalue weighted by Crippen LogP contribution is -2.54. The molecule has 3 aliphatic heterocycles. The van der Waals surface area contributed by atoms with Crippen molar-refractivity contribution in [3.63, 3.8) is 0 Å². The highest BCUT2D eigenvalue weighted by atomic mass is 16.2. The third-order valence-electron chi connectivity index (χ3n) is 5.74. The van der Waals surface area contributed by atoms with Gasteiger partial charge in [-0.3, -0.25) is 29.4 Å². The van der Waals surface area contributed by atoms with E-state index in [0.29, 0.717) is 24.2 Å². The zero-order chi connectivity index (χ0) is 19.8. The molecule has 1 aromatic carbocycles. The number of aldehydes is 1. The highest BCUT2D eigenvalue weighted by molar-refractivity contribution is 6.25. The highest BCUT2D eigenvalue weighted by Crippen LogP contribution is 2.36. The molecule has 0 bridgehead atoms. The van der Waals surface area contributed by atoms with E-state index < -0.39 is 29.7 Å². The Bertz CT molecular complexity index is 881. The van der Waals surface area contributed by atoms with Crippen molar-refractivity contribution in [1.29, 1.82) is 0 Å². The smallest absolute Gasteiger partial charge is 0.264 e. The van der Waals surface area contributed by atoms with Crippen LogP contribution in [0.15, 0.2) is 18.2 Å². The molecule has 1 aromatic rings. The fourth-order valence-corrected chi connectivity index (χ4v) is 4.37. The number of hydrogen-bond acceptors (Lipinski definition) is 6. The molecule has 2 saturated heterocycles. The van der Waals surface area contributed by atoms with Crippen LogP contribution >= 0.6 is 0 Å². The Hall–Kier alpha value is -3.03. The highest BCUT2D eigenvalue weighted by Gasteiger charge is 2.46. The lowest BCUT2D eigenvalue weighted by molar-refractivity contribution is -0.136. The summed E-state index contributed by atoms with van der Waals surface area (Å²) in [5.41, 5.74) is 1.26. The molecule has 0 spiro atoms. The average Bonchev–Trinajstić information content (AvgIpc) is 2.94. The molecular formula is C20H21N3O5. The van der Waals surface area contributed by atoms with E-state index in [9.17, 15) is 24.0 Å². The molecule has 4 amide bonds. The zero-order valence-electron chi connectivity index (χ0n) is 15.3. The minimum atomic E-state index is -0.970. The van der Waals surface area contributed by atoms with Gasteiger partial charge in [0, 0.05) is 25.9 Å². The van der Waals surface area contributed by atoms with Crippen LogP contribution in [0.5, 0.6) is 0 Å². The number of piperidine rings is 2. The second-order valence-corrected chi connectivity index (χ2v) is 7.50. The van der Waals surface area contributed by atoms with Crippen molar-refractivity contribution in [1.82, 2.24) is 10.2 Å². The number of carbonyl (C=O) groups is 5. The van der Waals surface area contributed by atoms with Crippen LogP contribution in [-0.4, -0.2) is 53.9 Å². The number of hydrogen-bond donors (Lipinski definition) is 1. The molecule has 1 N–H and O–H groups in total. The van der Waals surface area contributed by atoms with Gasteiger partial charge in [-0.2, -0.15) is 0 Å². The SMILES string of the molecule is O=CCC1CCCN(c2cccc3c2C(=O)N(C2CCC(=O)NC2=O)C3=O)C1. The van der Waals surface area contributed by atoms with Crippen LogP contribution in [-0.2, 0) is 14.4 Å². The molecule has 2 fully saturated rings. The number of benzene rings is 1. The predicted octanol–water partition coefficient (Wildman–Crippen LogP) is 0.893. The van der Waals surface area contributed by atoms with E-state index in [2.05, 4.69) is 10.2 Å². The summed E-state index contributed by atoms with van der Waals surface area (Å²) in [6.07, 6.45) is 3.48. The summed E-state index contributed by atoms with van der Waals surface area (Å²) < 4.78 is 0. The Morgan fingerprint density at radius 1 is 1.11 bits per heavy atom. The van der Waals surface area contributed by atoms with Gasteiger partial charge in [0.05, 0.1) is 16.8 Å². The Morgan fingerprint density at radius 2 is 1.93 bits per heavy atom. The maximum atomic E-state index is 13.2. The molecule has 0 radical (unpaired) electrons. The quantitative estimate of drug-likeness (QED) is 0.612. The second kappa shape index (κ2) is 7.18. The van der Waals surface area contributed by atoms with Gasteiger partial charge in [-0.1, -0.05) is 6.07 Å².